The Labute approximate surface area is 184 Å². The van der Waals surface area contributed by atoms with Gasteiger partial charge in [-0.1, -0.05) is 12.1 Å². The summed E-state index contributed by atoms with van der Waals surface area (Å²) in [4.78, 5) is 17.5. The molecule has 2 aromatic heterocycles. The monoisotopic (exact) mass is 434 g/mol. The van der Waals surface area contributed by atoms with E-state index in [2.05, 4.69) is 15.4 Å². The summed E-state index contributed by atoms with van der Waals surface area (Å²) in [6, 6.07) is 14.8. The third-order valence-corrected chi connectivity index (χ3v) is 5.60. The number of methoxy groups -OCH3 is 2. The second-order valence-electron chi connectivity index (χ2n) is 6.89. The van der Waals surface area contributed by atoms with Gasteiger partial charge in [0.15, 0.2) is 0 Å². The Hall–Kier alpha value is -3.65. The molecule has 1 N–H and O–H groups in total. The van der Waals surface area contributed by atoms with Crippen molar-refractivity contribution in [3.8, 4) is 34.0 Å². The van der Waals surface area contributed by atoms with Gasteiger partial charge in [0.1, 0.15) is 17.2 Å². The van der Waals surface area contributed by atoms with Crippen molar-refractivity contribution in [2.45, 2.75) is 6.92 Å². The molecule has 4 aromatic rings. The van der Waals surface area contributed by atoms with Gasteiger partial charge in [0.25, 0.3) is 5.91 Å². The van der Waals surface area contributed by atoms with Crippen molar-refractivity contribution in [2.24, 2.45) is 7.05 Å². The molecule has 1 amide bonds. The summed E-state index contributed by atoms with van der Waals surface area (Å²) < 4.78 is 12.3. The number of carbonyl (C=O) groups is 1. The van der Waals surface area contributed by atoms with Crippen molar-refractivity contribution < 1.29 is 14.3 Å². The van der Waals surface area contributed by atoms with E-state index < -0.39 is 0 Å². The molecule has 8 heteroatoms. The first-order valence-electron chi connectivity index (χ1n) is 9.59. The van der Waals surface area contributed by atoms with Gasteiger partial charge in [0.05, 0.1) is 30.6 Å². The summed E-state index contributed by atoms with van der Waals surface area (Å²) in [5, 5.41) is 10.5. The lowest BCUT2D eigenvalue weighted by Gasteiger charge is -2.08. The van der Waals surface area contributed by atoms with Crippen LogP contribution < -0.4 is 14.8 Å². The maximum absolute atomic E-state index is 13.0. The van der Waals surface area contributed by atoms with Gasteiger partial charge >= 0.3 is 0 Å². The van der Waals surface area contributed by atoms with E-state index >= 15 is 0 Å². The molecule has 0 radical (unpaired) electrons. The molecule has 0 spiro atoms. The topological polar surface area (TPSA) is 78.3 Å². The lowest BCUT2D eigenvalue weighted by Crippen LogP contribution is -2.16. The molecule has 0 aliphatic rings. The fourth-order valence-electron chi connectivity index (χ4n) is 3.27. The fraction of sp³-hybridized carbons (Fsp3) is 0.174. The van der Waals surface area contributed by atoms with Crippen molar-refractivity contribution in [3.05, 3.63) is 64.6 Å². The molecule has 0 aliphatic heterocycles. The summed E-state index contributed by atoms with van der Waals surface area (Å²) >= 11 is 1.59. The van der Waals surface area contributed by atoms with Crippen LogP contribution in [-0.4, -0.2) is 34.9 Å². The van der Waals surface area contributed by atoms with E-state index in [1.54, 1.807) is 43.4 Å². The molecular weight excluding hydrogens is 412 g/mol. The standard InChI is InChI=1S/C23H22N4O3S/c1-14-24-20(13-31-14)15-6-5-7-16(10-15)25-23(28)21-12-19(26-27(21)2)18-11-17(29-3)8-9-22(18)30-4/h5-13H,1-4H3,(H,25,28). The van der Waals surface area contributed by atoms with Gasteiger partial charge in [0, 0.05) is 29.2 Å². The molecule has 158 valence electrons. The molecule has 0 fully saturated rings. The highest BCUT2D eigenvalue weighted by Gasteiger charge is 2.18. The third-order valence-electron chi connectivity index (χ3n) is 4.83. The predicted octanol–water partition coefficient (Wildman–Crippen LogP) is 4.79. The maximum atomic E-state index is 13.0. The van der Waals surface area contributed by atoms with E-state index in [1.807, 2.05) is 54.8 Å². The minimum Gasteiger partial charge on any atom is -0.497 e. The number of hydrogen-bond donors (Lipinski definition) is 1. The predicted molar refractivity (Wildman–Crippen MR) is 122 cm³/mol. The molecule has 7 nitrogen and oxygen atoms in total. The quantitative estimate of drug-likeness (QED) is 0.472. The lowest BCUT2D eigenvalue weighted by atomic mass is 10.1. The first-order chi connectivity index (χ1) is 15.0. The van der Waals surface area contributed by atoms with Gasteiger partial charge in [-0.2, -0.15) is 5.10 Å². The van der Waals surface area contributed by atoms with Crippen molar-refractivity contribution in [1.82, 2.24) is 14.8 Å². The van der Waals surface area contributed by atoms with Crippen molar-refractivity contribution in [1.29, 1.82) is 0 Å². The number of rotatable bonds is 6. The largest absolute Gasteiger partial charge is 0.497 e. The van der Waals surface area contributed by atoms with Gasteiger partial charge in [-0.3, -0.25) is 9.48 Å². The minimum absolute atomic E-state index is 0.255. The first kappa shape index (κ1) is 20.6. The van der Waals surface area contributed by atoms with Crippen LogP contribution in [0.2, 0.25) is 0 Å². The Balaban J connectivity index is 1.61. The molecule has 0 saturated heterocycles. The zero-order valence-electron chi connectivity index (χ0n) is 17.7. The molecule has 2 aromatic carbocycles. The van der Waals surface area contributed by atoms with E-state index in [0.717, 1.165) is 21.8 Å². The number of amides is 1. The Morgan fingerprint density at radius 3 is 2.61 bits per heavy atom. The summed E-state index contributed by atoms with van der Waals surface area (Å²) in [6.45, 7) is 1.97. The maximum Gasteiger partial charge on any atom is 0.273 e. The number of hydrogen-bond acceptors (Lipinski definition) is 6. The highest BCUT2D eigenvalue weighted by atomic mass is 32.1. The van der Waals surface area contributed by atoms with Gasteiger partial charge in [-0.05, 0) is 43.3 Å². The lowest BCUT2D eigenvalue weighted by molar-refractivity contribution is 0.101. The summed E-state index contributed by atoms with van der Waals surface area (Å²) in [5.41, 5.74) is 4.33. The van der Waals surface area contributed by atoms with Crippen molar-refractivity contribution in [2.75, 3.05) is 19.5 Å². The van der Waals surface area contributed by atoms with Gasteiger partial charge in [-0.25, -0.2) is 4.98 Å². The average Bonchev–Trinajstić information content (AvgIpc) is 3.39. The second kappa shape index (κ2) is 8.61. The van der Waals surface area contributed by atoms with E-state index in [-0.39, 0.29) is 5.91 Å². The Bertz CT molecular complexity index is 1250. The van der Waals surface area contributed by atoms with Crippen molar-refractivity contribution >= 4 is 22.9 Å². The average molecular weight is 435 g/mol. The summed E-state index contributed by atoms with van der Waals surface area (Å²) in [5.74, 6) is 1.08. The van der Waals surface area contributed by atoms with Crippen LogP contribution >= 0.6 is 11.3 Å². The highest BCUT2D eigenvalue weighted by Crippen LogP contribution is 2.33. The van der Waals surface area contributed by atoms with Gasteiger partial charge < -0.3 is 14.8 Å². The van der Waals surface area contributed by atoms with E-state index in [0.29, 0.717) is 28.6 Å². The van der Waals surface area contributed by atoms with Crippen LogP contribution in [0, 0.1) is 6.92 Å². The van der Waals surface area contributed by atoms with Crippen LogP contribution in [-0.2, 0) is 7.05 Å². The number of ether oxygens (including phenoxy) is 2. The van der Waals surface area contributed by atoms with Gasteiger partial charge in [0.2, 0.25) is 0 Å². The third kappa shape index (κ3) is 4.29. The van der Waals surface area contributed by atoms with Crippen LogP contribution in [0.25, 0.3) is 22.5 Å². The SMILES string of the molecule is COc1ccc(OC)c(-c2cc(C(=O)Nc3cccc(-c4csc(C)n4)c3)n(C)n2)c1. The molecular formula is C23H22N4O3S. The number of aromatic nitrogens is 3. The number of benzene rings is 2. The number of nitrogens with zero attached hydrogens (tertiary/aromatic N) is 3. The molecule has 2 heterocycles. The van der Waals surface area contributed by atoms with Crippen LogP contribution in [0.4, 0.5) is 5.69 Å². The zero-order chi connectivity index (χ0) is 22.0. The molecule has 0 atom stereocenters. The first-order valence-corrected chi connectivity index (χ1v) is 10.5. The number of nitrogens with one attached hydrogen (secondary N) is 1. The van der Waals surface area contributed by atoms with E-state index in [9.17, 15) is 4.79 Å². The van der Waals surface area contributed by atoms with Crippen molar-refractivity contribution in [3.63, 3.8) is 0 Å². The minimum atomic E-state index is -0.255. The molecule has 31 heavy (non-hydrogen) atoms. The summed E-state index contributed by atoms with van der Waals surface area (Å²) in [6.07, 6.45) is 0. The molecule has 0 aliphatic carbocycles. The normalized spacial score (nSPS) is 10.7. The number of carbonyl (C=O) groups excluding carboxylic acids is 1. The van der Waals surface area contributed by atoms with E-state index in [1.165, 1.54) is 0 Å². The fourth-order valence-corrected chi connectivity index (χ4v) is 3.90. The van der Waals surface area contributed by atoms with Gasteiger partial charge in [-0.15, -0.1) is 11.3 Å². The smallest absolute Gasteiger partial charge is 0.273 e. The Kier molecular flexibility index (Phi) is 5.73. The number of anilines is 1. The molecule has 0 saturated carbocycles. The van der Waals surface area contributed by atoms with Crippen LogP contribution in [0.3, 0.4) is 0 Å². The van der Waals surface area contributed by atoms with E-state index in [4.69, 9.17) is 9.47 Å². The Morgan fingerprint density at radius 1 is 1.06 bits per heavy atom. The van der Waals surface area contributed by atoms with Crippen LogP contribution in [0.1, 0.15) is 15.5 Å². The summed E-state index contributed by atoms with van der Waals surface area (Å²) in [7, 11) is 4.93. The number of thiazole rings is 1. The number of aryl methyl sites for hydroxylation is 2. The molecule has 0 bridgehead atoms. The van der Waals surface area contributed by atoms with Crippen LogP contribution in [0.5, 0.6) is 11.5 Å². The highest BCUT2D eigenvalue weighted by molar-refractivity contribution is 7.09. The van der Waals surface area contributed by atoms with Crippen LogP contribution in [0.15, 0.2) is 53.9 Å². The molecule has 0 unspecified atom stereocenters. The molecule has 4 rings (SSSR count). The Morgan fingerprint density at radius 2 is 1.90 bits per heavy atom. The zero-order valence-corrected chi connectivity index (χ0v) is 18.5. The second-order valence-corrected chi connectivity index (χ2v) is 7.95.